The number of thiol groups is 1. The van der Waals surface area contributed by atoms with Gasteiger partial charge >= 0.3 is 0 Å². The topological polar surface area (TPSA) is 54.4 Å². The number of rotatable bonds is 1. The van der Waals surface area contributed by atoms with E-state index in [0.29, 0.717) is 10.5 Å². The quantitative estimate of drug-likeness (QED) is 0.539. The fourth-order valence-corrected chi connectivity index (χ4v) is 1.49. The highest BCUT2D eigenvalue weighted by Crippen LogP contribution is 2.17. The molecule has 1 aromatic carbocycles. The zero-order valence-electron chi connectivity index (χ0n) is 6.35. The Bertz CT molecular complexity index is 395. The second kappa shape index (κ2) is 3.08. The van der Waals surface area contributed by atoms with Gasteiger partial charge in [0, 0.05) is 4.90 Å². The van der Waals surface area contributed by atoms with Crippen molar-refractivity contribution in [2.24, 2.45) is 0 Å². The van der Waals surface area contributed by atoms with E-state index in [-0.39, 0.29) is 4.90 Å². The zero-order valence-corrected chi connectivity index (χ0v) is 8.06. The first-order valence-electron chi connectivity index (χ1n) is 3.18. The van der Waals surface area contributed by atoms with Crippen LogP contribution in [0.3, 0.4) is 0 Å². The van der Waals surface area contributed by atoms with E-state index < -0.39 is 10.1 Å². The Balaban J connectivity index is 3.33. The minimum absolute atomic E-state index is 0.0993. The molecule has 66 valence electrons. The summed E-state index contributed by atoms with van der Waals surface area (Å²) in [7, 11) is -4.08. The minimum Gasteiger partial charge on any atom is -0.282 e. The molecule has 0 spiro atoms. The molecule has 1 rings (SSSR count). The summed E-state index contributed by atoms with van der Waals surface area (Å²) in [5.74, 6) is 0. The summed E-state index contributed by atoms with van der Waals surface area (Å²) in [6, 6.07) is 4.21. The first-order valence-corrected chi connectivity index (χ1v) is 5.07. The van der Waals surface area contributed by atoms with Gasteiger partial charge in [-0.1, -0.05) is 0 Å². The van der Waals surface area contributed by atoms with Gasteiger partial charge in [-0.25, -0.2) is 0 Å². The van der Waals surface area contributed by atoms with Crippen LogP contribution in [0, 0.1) is 6.92 Å². The van der Waals surface area contributed by atoms with Gasteiger partial charge in [-0.05, 0) is 30.7 Å². The van der Waals surface area contributed by atoms with Crippen LogP contribution in [0.1, 0.15) is 5.56 Å². The third kappa shape index (κ3) is 2.00. The van der Waals surface area contributed by atoms with Gasteiger partial charge in [0.2, 0.25) is 0 Å². The van der Waals surface area contributed by atoms with Crippen molar-refractivity contribution in [3.8, 4) is 0 Å². The van der Waals surface area contributed by atoms with Crippen molar-refractivity contribution in [3.05, 3.63) is 23.8 Å². The Labute approximate surface area is 76.6 Å². The van der Waals surface area contributed by atoms with Crippen LogP contribution in [0.25, 0.3) is 0 Å². The van der Waals surface area contributed by atoms with Crippen LogP contribution < -0.4 is 0 Å². The van der Waals surface area contributed by atoms with E-state index in [1.165, 1.54) is 18.2 Å². The maximum Gasteiger partial charge on any atom is 0.294 e. The van der Waals surface area contributed by atoms with Crippen LogP contribution in [0.5, 0.6) is 0 Å². The molecule has 0 fully saturated rings. The Hall–Kier alpha value is -0.520. The Morgan fingerprint density at radius 3 is 2.42 bits per heavy atom. The maximum absolute atomic E-state index is 10.6. The highest BCUT2D eigenvalue weighted by molar-refractivity contribution is 7.85. The molecule has 1 N–H and O–H groups in total. The summed E-state index contributed by atoms with van der Waals surface area (Å²) in [6.45, 7) is 1.72. The fraction of sp³-hybridized carbons (Fsp3) is 0.143. The summed E-state index contributed by atoms with van der Waals surface area (Å²) in [4.78, 5) is 0.597. The van der Waals surface area contributed by atoms with Crippen LogP contribution in [0.2, 0.25) is 0 Å². The van der Waals surface area contributed by atoms with Crippen LogP contribution in [-0.2, 0) is 10.1 Å². The van der Waals surface area contributed by atoms with Crippen molar-refractivity contribution < 1.29 is 13.0 Å². The predicted octanol–water partition coefficient (Wildman–Crippen LogP) is 1.53. The van der Waals surface area contributed by atoms with Gasteiger partial charge < -0.3 is 0 Å². The molecule has 0 atom stereocenters. The van der Waals surface area contributed by atoms with E-state index in [4.69, 9.17) is 4.55 Å². The molecule has 0 aliphatic rings. The van der Waals surface area contributed by atoms with Crippen molar-refractivity contribution in [2.75, 3.05) is 0 Å². The van der Waals surface area contributed by atoms with Crippen molar-refractivity contribution in [1.29, 1.82) is 0 Å². The van der Waals surface area contributed by atoms with E-state index in [2.05, 4.69) is 12.6 Å². The summed E-state index contributed by atoms with van der Waals surface area (Å²) in [6.07, 6.45) is 0. The van der Waals surface area contributed by atoms with Crippen LogP contribution >= 0.6 is 12.6 Å². The lowest BCUT2D eigenvalue weighted by Gasteiger charge is -2.00. The maximum atomic E-state index is 10.6. The summed E-state index contributed by atoms with van der Waals surface area (Å²) >= 11 is 4.06. The van der Waals surface area contributed by atoms with Gasteiger partial charge in [0.05, 0.1) is 4.90 Å². The van der Waals surface area contributed by atoms with Gasteiger partial charge in [-0.3, -0.25) is 4.55 Å². The molecule has 5 heteroatoms. The molecule has 0 bridgehead atoms. The molecule has 12 heavy (non-hydrogen) atoms. The fourth-order valence-electron chi connectivity index (χ4n) is 0.788. The second-order valence-electron chi connectivity index (χ2n) is 2.42. The molecule has 0 saturated carbocycles. The third-order valence-electron chi connectivity index (χ3n) is 1.47. The van der Waals surface area contributed by atoms with Gasteiger partial charge in [-0.15, -0.1) is 12.6 Å². The van der Waals surface area contributed by atoms with Gasteiger partial charge in [0.1, 0.15) is 0 Å². The van der Waals surface area contributed by atoms with Crippen LogP contribution in [0.4, 0.5) is 0 Å². The molecule has 0 aliphatic carbocycles. The monoisotopic (exact) mass is 204 g/mol. The molecular formula is C7H8O3S2. The second-order valence-corrected chi connectivity index (χ2v) is 4.33. The molecule has 0 heterocycles. The highest BCUT2D eigenvalue weighted by atomic mass is 32.2. The molecule has 0 amide bonds. The molecule has 1 aromatic rings. The summed E-state index contributed by atoms with van der Waals surface area (Å²) < 4.78 is 29.9. The average molecular weight is 204 g/mol. The van der Waals surface area contributed by atoms with Crippen LogP contribution in [-0.4, -0.2) is 13.0 Å². The largest absolute Gasteiger partial charge is 0.294 e. The van der Waals surface area contributed by atoms with Gasteiger partial charge in [-0.2, -0.15) is 8.42 Å². The van der Waals surface area contributed by atoms with Crippen molar-refractivity contribution in [3.63, 3.8) is 0 Å². The Morgan fingerprint density at radius 2 is 2.00 bits per heavy atom. The number of hydrogen-bond acceptors (Lipinski definition) is 3. The molecular weight excluding hydrogens is 196 g/mol. The molecule has 0 saturated heterocycles. The number of aryl methyl sites for hydroxylation is 1. The average Bonchev–Trinajstić information content (AvgIpc) is 1.92. The molecule has 0 unspecified atom stereocenters. The van der Waals surface area contributed by atoms with Crippen molar-refractivity contribution in [1.82, 2.24) is 0 Å². The van der Waals surface area contributed by atoms with E-state index in [9.17, 15) is 8.42 Å². The Kier molecular flexibility index (Phi) is 2.46. The van der Waals surface area contributed by atoms with Crippen molar-refractivity contribution in [2.45, 2.75) is 16.7 Å². The lowest BCUT2D eigenvalue weighted by Crippen LogP contribution is -1.98. The normalized spacial score (nSPS) is 11.6. The minimum atomic E-state index is -4.08. The lowest BCUT2D eigenvalue weighted by atomic mass is 10.2. The van der Waals surface area contributed by atoms with E-state index in [0.717, 1.165) is 0 Å². The smallest absolute Gasteiger partial charge is 0.282 e. The van der Waals surface area contributed by atoms with E-state index in [1.54, 1.807) is 6.92 Å². The molecule has 0 aliphatic heterocycles. The van der Waals surface area contributed by atoms with Crippen molar-refractivity contribution >= 4 is 22.7 Å². The van der Waals surface area contributed by atoms with Gasteiger partial charge in [0.15, 0.2) is 0 Å². The van der Waals surface area contributed by atoms with E-state index >= 15 is 0 Å². The standard InChI is InChI=1S/C7H8O3S2/c1-5-4-6(12(8,9)10)2-3-7(5)11/h2-4,11H,1H3,(H,8,9,10). The molecule has 3 nitrogen and oxygen atoms in total. The molecule has 0 radical (unpaired) electrons. The molecule has 0 aromatic heterocycles. The van der Waals surface area contributed by atoms with E-state index in [1.807, 2.05) is 0 Å². The highest BCUT2D eigenvalue weighted by Gasteiger charge is 2.09. The predicted molar refractivity (Wildman–Crippen MR) is 48.2 cm³/mol. The number of benzene rings is 1. The first-order chi connectivity index (χ1) is 5.41. The van der Waals surface area contributed by atoms with Gasteiger partial charge in [0.25, 0.3) is 10.1 Å². The first kappa shape index (κ1) is 9.57. The lowest BCUT2D eigenvalue weighted by molar-refractivity contribution is 0.483. The SMILES string of the molecule is Cc1cc(S(=O)(=O)O)ccc1S. The summed E-state index contributed by atoms with van der Waals surface area (Å²) in [5, 5.41) is 0. The Morgan fingerprint density at radius 1 is 1.42 bits per heavy atom. The number of hydrogen-bond donors (Lipinski definition) is 2. The third-order valence-corrected chi connectivity index (χ3v) is 2.82. The van der Waals surface area contributed by atoms with Crippen LogP contribution in [0.15, 0.2) is 28.0 Å². The summed E-state index contributed by atoms with van der Waals surface area (Å²) in [5.41, 5.74) is 0.716. The zero-order chi connectivity index (χ0) is 9.35.